The number of rotatable bonds is 1. The third kappa shape index (κ3) is 3.56. The van der Waals surface area contributed by atoms with Crippen molar-refractivity contribution in [2.45, 2.75) is 0 Å². The molecular weight excluding hydrogens is 86.1 g/mol. The molecule has 0 atom stereocenters. The van der Waals surface area contributed by atoms with Gasteiger partial charge in [0.15, 0.2) is 0 Å². The van der Waals surface area contributed by atoms with Crippen LogP contribution in [0.15, 0.2) is 4.66 Å². The van der Waals surface area contributed by atoms with Gasteiger partial charge >= 0.3 is 9.92 Å². The lowest BCUT2D eigenvalue weighted by Crippen LogP contribution is -1.70. The normalized spacial score (nSPS) is 8.20. The summed E-state index contributed by atoms with van der Waals surface area (Å²) in [5, 5.41) is 0. The Kier molecular flexibility index (Phi) is 3.24. The topological polar surface area (TPSA) is 49.3 Å². The van der Waals surface area contributed by atoms with Crippen LogP contribution in [0.2, 0.25) is 0 Å². The zero-order valence-corrected chi connectivity index (χ0v) is 3.89. The first-order valence-electron chi connectivity index (χ1n) is 1.03. The van der Waals surface area contributed by atoms with Gasteiger partial charge in [0.1, 0.15) is 0 Å². The quantitative estimate of drug-likeness (QED) is 0.224. The average molecular weight is 88.1 g/mol. The van der Waals surface area contributed by atoms with Crippen LogP contribution in [0.3, 0.4) is 0 Å². The third-order valence-electron chi connectivity index (χ3n) is 0.129. The minimum atomic E-state index is -1.63. The largest absolute Gasteiger partial charge is 0.341 e. The van der Waals surface area contributed by atoms with Gasteiger partial charge in [0.25, 0.3) is 0 Å². The van der Waals surface area contributed by atoms with Gasteiger partial charge in [-0.3, -0.25) is 4.80 Å². The highest BCUT2D eigenvalue weighted by Gasteiger charge is 1.61. The highest BCUT2D eigenvalue weighted by atomic mass is 28.2. The maximum absolute atomic E-state index is 9.24. The van der Waals surface area contributed by atoms with Gasteiger partial charge in [-0.15, -0.1) is 0 Å². The Morgan fingerprint density at radius 2 is 2.40 bits per heavy atom. The number of hydrogen-bond acceptors (Lipinski definition) is 2. The van der Waals surface area contributed by atoms with Crippen molar-refractivity contribution in [3.8, 4) is 0 Å². The van der Waals surface area contributed by atoms with Crippen LogP contribution in [0, 0.1) is 0 Å². The smallest absolute Gasteiger partial charge is 0.275 e. The van der Waals surface area contributed by atoms with Crippen LogP contribution < -0.4 is 0 Å². The molecule has 0 saturated heterocycles. The van der Waals surface area contributed by atoms with E-state index in [-0.39, 0.29) is 0 Å². The lowest BCUT2D eigenvalue weighted by Gasteiger charge is -1.52. The lowest BCUT2D eigenvalue weighted by atomic mass is 11.7. The molecule has 0 saturated carbocycles. The van der Waals surface area contributed by atoms with Crippen molar-refractivity contribution in [2.24, 2.45) is 4.66 Å². The molecule has 0 unspecified atom stereocenters. The van der Waals surface area contributed by atoms with Crippen LogP contribution in [0.5, 0.6) is 0 Å². The molecule has 0 N–H and O–H groups in total. The van der Waals surface area contributed by atoms with Crippen LogP contribution in [-0.4, -0.2) is 16.0 Å². The fourth-order valence-electron chi connectivity index (χ4n) is 0.0264. The first kappa shape index (κ1) is 4.56. The highest BCUT2D eigenvalue weighted by molar-refractivity contribution is 6.23. The second-order valence-corrected chi connectivity index (χ2v) is 0.953. The third-order valence-corrected chi connectivity index (χ3v) is 0.387. The molecule has 0 heterocycles. The summed E-state index contributed by atoms with van der Waals surface area (Å²) in [6, 6.07) is 0. The van der Waals surface area contributed by atoms with Crippen molar-refractivity contribution in [1.82, 2.24) is 0 Å². The van der Waals surface area contributed by atoms with Crippen LogP contribution in [0.1, 0.15) is 0 Å². The summed E-state index contributed by atoms with van der Waals surface area (Å²) < 4.78 is 2.75. The molecule has 27 valence electrons. The van der Waals surface area contributed by atoms with Gasteiger partial charge in [0.05, 0.1) is 0 Å². The summed E-state index contributed by atoms with van der Waals surface area (Å²) in [4.78, 5) is 18.2. The predicted octanol–water partition coefficient (Wildman–Crippen LogP) is -1.25. The van der Waals surface area contributed by atoms with E-state index in [0.29, 0.717) is 0 Å². The Bertz CT molecular complexity index is 56.7. The Hall–Kier alpha value is -0.443. The van der Waals surface area contributed by atoms with Crippen molar-refractivity contribution in [3.05, 3.63) is 0 Å². The molecule has 0 rings (SSSR count). The molecule has 4 heteroatoms. The van der Waals surface area contributed by atoms with Crippen LogP contribution in [-0.2, 0) is 9.59 Å². The predicted molar refractivity (Wildman–Crippen MR) is 17.4 cm³/mol. The van der Waals surface area contributed by atoms with E-state index in [2.05, 4.69) is 4.66 Å². The van der Waals surface area contributed by atoms with E-state index in [1.165, 1.54) is 0 Å². The molecule has 5 heavy (non-hydrogen) atoms. The molecule has 0 aromatic heterocycles. The van der Waals surface area contributed by atoms with E-state index in [0.717, 1.165) is 6.08 Å². The van der Waals surface area contributed by atoms with Crippen molar-refractivity contribution in [2.75, 3.05) is 0 Å². The minimum Gasteiger partial charge on any atom is -0.275 e. The maximum atomic E-state index is 9.24. The fourth-order valence-corrected chi connectivity index (χ4v) is 0.0791. The molecule has 0 aliphatic rings. The minimum absolute atomic E-state index is 1.14. The zero-order valence-electron chi connectivity index (χ0n) is 2.47. The van der Waals surface area contributed by atoms with E-state index in [9.17, 15) is 4.80 Å². The first-order chi connectivity index (χ1) is 2.41. The van der Waals surface area contributed by atoms with Gasteiger partial charge in [-0.25, -0.2) is 9.45 Å². The van der Waals surface area contributed by atoms with Gasteiger partial charge in [0, 0.05) is 0 Å². The van der Waals surface area contributed by atoms with E-state index >= 15 is 0 Å². The average Bonchev–Trinajstić information content (AvgIpc) is 1.41. The molecule has 0 aliphatic heterocycles. The maximum Gasteiger partial charge on any atom is 0.341 e. The standard InChI is InChI=1S/CH2NO2Si/c3-1-2-5-4/h5H2. The Morgan fingerprint density at radius 3 is 2.40 bits per heavy atom. The molecule has 0 spiro atoms. The van der Waals surface area contributed by atoms with Crippen LogP contribution >= 0.6 is 0 Å². The second kappa shape index (κ2) is 3.56. The van der Waals surface area contributed by atoms with Crippen molar-refractivity contribution in [1.29, 1.82) is 0 Å². The van der Waals surface area contributed by atoms with Crippen molar-refractivity contribution >= 4 is 16.0 Å². The van der Waals surface area contributed by atoms with E-state index in [4.69, 9.17) is 4.79 Å². The lowest BCUT2D eigenvalue weighted by molar-refractivity contribution is 0.474. The highest BCUT2D eigenvalue weighted by Crippen LogP contribution is 1.42. The Balaban J connectivity index is 2.93. The molecule has 0 bridgehead atoms. The van der Waals surface area contributed by atoms with Crippen LogP contribution in [0.4, 0.5) is 0 Å². The molecule has 0 fully saturated rings. The zero-order chi connectivity index (χ0) is 4.12. The molecule has 0 aromatic rings. The number of hydrogen-bond donors (Lipinski definition) is 0. The number of nitrogens with zero attached hydrogens (tertiary/aromatic N) is 1. The number of carbonyl (C=O) groups excluding carboxylic acids is 1. The van der Waals surface area contributed by atoms with Crippen molar-refractivity contribution in [3.63, 3.8) is 0 Å². The van der Waals surface area contributed by atoms with Gasteiger partial charge in [-0.05, 0) is 0 Å². The second-order valence-electron chi connectivity index (χ2n) is 0.379. The van der Waals surface area contributed by atoms with E-state index in [1.54, 1.807) is 0 Å². The molecule has 3 nitrogen and oxygen atoms in total. The van der Waals surface area contributed by atoms with Crippen molar-refractivity contribution < 1.29 is 9.59 Å². The summed E-state index contributed by atoms with van der Waals surface area (Å²) in [5.41, 5.74) is 0. The molecule has 1 radical (unpaired) electrons. The van der Waals surface area contributed by atoms with E-state index in [1.807, 2.05) is 0 Å². The van der Waals surface area contributed by atoms with Gasteiger partial charge in [0.2, 0.25) is 6.08 Å². The molecule has 0 aliphatic carbocycles. The van der Waals surface area contributed by atoms with Gasteiger partial charge in [-0.1, -0.05) is 0 Å². The molecular formula is CH2NO2Si. The monoisotopic (exact) mass is 88.0 g/mol. The summed E-state index contributed by atoms with van der Waals surface area (Å²) in [6.45, 7) is 0. The summed E-state index contributed by atoms with van der Waals surface area (Å²) in [6.07, 6.45) is 1.14. The summed E-state index contributed by atoms with van der Waals surface area (Å²) in [5.74, 6) is 0. The Labute approximate surface area is 31.4 Å². The van der Waals surface area contributed by atoms with E-state index < -0.39 is 9.92 Å². The SMILES string of the molecule is [O][SiH2]N=C=O. The first-order valence-corrected chi connectivity index (χ1v) is 2.24. The fraction of sp³-hybridized carbons (Fsp3) is 0. The molecule has 0 aromatic carbocycles. The summed E-state index contributed by atoms with van der Waals surface area (Å²) >= 11 is 0. The Morgan fingerprint density at radius 1 is 1.80 bits per heavy atom. The summed E-state index contributed by atoms with van der Waals surface area (Å²) in [7, 11) is -1.63. The van der Waals surface area contributed by atoms with Gasteiger partial charge < -0.3 is 0 Å². The van der Waals surface area contributed by atoms with Gasteiger partial charge in [-0.2, -0.15) is 0 Å². The molecule has 0 amide bonds. The van der Waals surface area contributed by atoms with Crippen LogP contribution in [0.25, 0.3) is 0 Å². The number of isocyanates is 1.